The van der Waals surface area contributed by atoms with E-state index in [1.165, 1.54) is 38.9 Å². The Hall–Kier alpha value is -2.13. The highest BCUT2D eigenvalue weighted by Gasteiger charge is 2.31. The van der Waals surface area contributed by atoms with Crippen molar-refractivity contribution in [2.45, 2.75) is 18.9 Å². The summed E-state index contributed by atoms with van der Waals surface area (Å²) in [4.78, 5) is 8.46. The molecule has 1 N–H and O–H groups in total. The lowest BCUT2D eigenvalue weighted by atomic mass is 9.85. The van der Waals surface area contributed by atoms with E-state index in [4.69, 9.17) is 4.99 Å². The number of aromatic nitrogens is 1. The minimum absolute atomic E-state index is 0.127. The van der Waals surface area contributed by atoms with E-state index < -0.39 is 0 Å². The van der Waals surface area contributed by atoms with E-state index in [2.05, 4.69) is 75.7 Å². The van der Waals surface area contributed by atoms with Gasteiger partial charge in [-0.25, -0.2) is 0 Å². The second kappa shape index (κ2) is 4.93. The summed E-state index contributed by atoms with van der Waals surface area (Å²) in [6.45, 7) is 0. The number of rotatable bonds is 1. The molecule has 0 amide bonds. The van der Waals surface area contributed by atoms with Crippen LogP contribution < -0.4 is 0 Å². The predicted molar refractivity (Wildman–Crippen MR) is 98.9 cm³/mol. The van der Waals surface area contributed by atoms with E-state index in [0.717, 1.165) is 17.3 Å². The molecule has 1 aliphatic carbocycles. The van der Waals surface area contributed by atoms with Gasteiger partial charge in [0.05, 0.1) is 0 Å². The predicted octanol–water partition coefficient (Wildman–Crippen LogP) is 5.46. The number of nitrogens with zero attached hydrogens (tertiary/aromatic N) is 1. The molecule has 1 aliphatic heterocycles. The topological polar surface area (TPSA) is 28.1 Å². The average Bonchev–Trinajstić information content (AvgIpc) is 3.16. The van der Waals surface area contributed by atoms with Crippen molar-refractivity contribution in [3.05, 3.63) is 75.4 Å². The molecule has 0 fully saturated rings. The molecule has 2 aliphatic rings. The van der Waals surface area contributed by atoms with E-state index >= 15 is 0 Å². The van der Waals surface area contributed by atoms with Crippen LogP contribution in [0.3, 0.4) is 0 Å². The van der Waals surface area contributed by atoms with Crippen molar-refractivity contribution in [1.82, 2.24) is 4.98 Å². The van der Waals surface area contributed by atoms with Crippen molar-refractivity contribution < 1.29 is 0 Å². The molecule has 1 atom stereocenters. The Morgan fingerprint density at radius 3 is 2.78 bits per heavy atom. The Labute approximate surface area is 143 Å². The summed E-state index contributed by atoms with van der Waals surface area (Å²) in [6, 6.07) is 17.2. The summed E-state index contributed by atoms with van der Waals surface area (Å²) in [5.41, 5.74) is 7.95. The van der Waals surface area contributed by atoms with Crippen LogP contribution in [0.25, 0.3) is 16.5 Å². The first kappa shape index (κ1) is 13.3. The summed E-state index contributed by atoms with van der Waals surface area (Å²) in [7, 11) is 0. The number of fused-ring (bicyclic) bond motifs is 4. The number of hydrogen-bond donors (Lipinski definition) is 1. The van der Waals surface area contributed by atoms with Gasteiger partial charge in [0, 0.05) is 32.9 Å². The van der Waals surface area contributed by atoms with Crippen molar-refractivity contribution in [3.63, 3.8) is 0 Å². The van der Waals surface area contributed by atoms with Crippen LogP contribution in [0, 0.1) is 0 Å². The molecule has 112 valence electrons. The van der Waals surface area contributed by atoms with Crippen LogP contribution in [0.15, 0.2) is 63.6 Å². The molecule has 2 heterocycles. The maximum atomic E-state index is 4.81. The summed E-state index contributed by atoms with van der Waals surface area (Å²) in [5, 5.41) is 1.33. The number of hydrogen-bond acceptors (Lipinski definition) is 1. The lowest BCUT2D eigenvalue weighted by Crippen LogP contribution is -2.06. The van der Waals surface area contributed by atoms with Crippen molar-refractivity contribution in [3.8, 4) is 0 Å². The summed E-state index contributed by atoms with van der Waals surface area (Å²) in [6.07, 6.45) is 4.24. The molecule has 2 aromatic carbocycles. The maximum Gasteiger partial charge on any atom is 0.102 e. The van der Waals surface area contributed by atoms with E-state index in [1.807, 2.05) is 0 Å². The van der Waals surface area contributed by atoms with E-state index in [0.29, 0.717) is 0 Å². The van der Waals surface area contributed by atoms with E-state index in [9.17, 15) is 0 Å². The molecule has 0 radical (unpaired) electrons. The van der Waals surface area contributed by atoms with Crippen molar-refractivity contribution in [2.24, 2.45) is 4.99 Å². The fourth-order valence-corrected chi connectivity index (χ4v) is 4.20. The first-order valence-electron chi connectivity index (χ1n) is 7.93. The van der Waals surface area contributed by atoms with Gasteiger partial charge in [-0.2, -0.15) is 0 Å². The van der Waals surface area contributed by atoms with Crippen LogP contribution in [0.1, 0.15) is 29.3 Å². The molecule has 1 aromatic heterocycles. The van der Waals surface area contributed by atoms with Gasteiger partial charge < -0.3 is 4.98 Å². The Balaban J connectivity index is 1.72. The second-order valence-corrected chi connectivity index (χ2v) is 7.11. The van der Waals surface area contributed by atoms with Gasteiger partial charge in [0.2, 0.25) is 0 Å². The minimum atomic E-state index is 0.127. The van der Waals surface area contributed by atoms with Gasteiger partial charge in [0.15, 0.2) is 0 Å². The van der Waals surface area contributed by atoms with Gasteiger partial charge in [-0.3, -0.25) is 4.99 Å². The number of aryl methyl sites for hydroxylation is 1. The zero-order valence-electron chi connectivity index (χ0n) is 12.5. The van der Waals surface area contributed by atoms with Gasteiger partial charge >= 0.3 is 0 Å². The summed E-state index contributed by atoms with van der Waals surface area (Å²) in [5.74, 6) is 0. The summed E-state index contributed by atoms with van der Waals surface area (Å²) < 4.78 is 1.13. The molecule has 0 bridgehead atoms. The lowest BCUT2D eigenvalue weighted by Gasteiger charge is -2.19. The van der Waals surface area contributed by atoms with Gasteiger partial charge in [-0.05, 0) is 47.7 Å². The molecule has 3 heteroatoms. The molecule has 0 saturated carbocycles. The zero-order chi connectivity index (χ0) is 15.4. The molecule has 5 rings (SSSR count). The monoisotopic (exact) mass is 362 g/mol. The van der Waals surface area contributed by atoms with Crippen LogP contribution in [-0.2, 0) is 6.42 Å². The van der Waals surface area contributed by atoms with E-state index in [-0.39, 0.29) is 6.04 Å². The Bertz CT molecular complexity index is 980. The number of benzene rings is 2. The molecule has 0 spiro atoms. The quantitative estimate of drug-likeness (QED) is 0.595. The number of nitrogens with one attached hydrogen (secondary N) is 1. The average molecular weight is 363 g/mol. The van der Waals surface area contributed by atoms with Crippen molar-refractivity contribution in [1.29, 1.82) is 0 Å². The molecule has 1 unspecified atom stereocenters. The maximum absolute atomic E-state index is 4.81. The number of H-pyrrole nitrogens is 1. The molecule has 23 heavy (non-hydrogen) atoms. The third-order valence-corrected chi connectivity index (χ3v) is 5.39. The van der Waals surface area contributed by atoms with Crippen LogP contribution >= 0.6 is 15.9 Å². The van der Waals surface area contributed by atoms with Gasteiger partial charge in [0.25, 0.3) is 0 Å². The lowest BCUT2D eigenvalue weighted by molar-refractivity contribution is 0.906. The number of allylic oxidation sites excluding steroid dienone is 1. The van der Waals surface area contributed by atoms with E-state index in [1.54, 1.807) is 0 Å². The first-order chi connectivity index (χ1) is 11.3. The first-order valence-corrected chi connectivity index (χ1v) is 8.72. The molecular weight excluding hydrogens is 348 g/mol. The smallest absolute Gasteiger partial charge is 0.102 e. The Kier molecular flexibility index (Phi) is 2.86. The highest BCUT2D eigenvalue weighted by molar-refractivity contribution is 9.10. The molecule has 3 aromatic rings. The highest BCUT2D eigenvalue weighted by atomic mass is 79.9. The molecule has 0 saturated heterocycles. The number of aliphatic imine (C=N–C) groups is 1. The minimum Gasteiger partial charge on any atom is -0.354 e. The standard InChI is InChI=1S/C20H15BrN2/c21-14-7-9-17-16(10-14)15-8-6-13-11-22-19(18(13)20(15)23-17)12-4-2-1-3-5-12/h1-5,7,9-11,19,23H,6,8H2. The third kappa shape index (κ3) is 1.96. The van der Waals surface area contributed by atoms with Crippen LogP contribution in [-0.4, -0.2) is 11.2 Å². The fraction of sp³-hybridized carbons (Fsp3) is 0.150. The highest BCUT2D eigenvalue weighted by Crippen LogP contribution is 2.46. The van der Waals surface area contributed by atoms with Gasteiger partial charge in [-0.1, -0.05) is 46.3 Å². The van der Waals surface area contributed by atoms with Gasteiger partial charge in [-0.15, -0.1) is 0 Å². The van der Waals surface area contributed by atoms with Crippen LogP contribution in [0.5, 0.6) is 0 Å². The molecule has 2 nitrogen and oxygen atoms in total. The normalized spacial score (nSPS) is 19.3. The largest absolute Gasteiger partial charge is 0.354 e. The molecular formula is C20H15BrN2. The second-order valence-electron chi connectivity index (χ2n) is 6.20. The number of halogens is 1. The van der Waals surface area contributed by atoms with Gasteiger partial charge in [0.1, 0.15) is 6.04 Å². The van der Waals surface area contributed by atoms with Crippen molar-refractivity contribution in [2.75, 3.05) is 0 Å². The SMILES string of the molecule is Brc1ccc2[nH]c3c(c2c1)CCC1=C3C(c2ccccc2)N=C1. The zero-order valence-corrected chi connectivity index (χ0v) is 14.1. The fourth-order valence-electron chi connectivity index (χ4n) is 3.84. The summed E-state index contributed by atoms with van der Waals surface area (Å²) >= 11 is 3.60. The van der Waals surface area contributed by atoms with Crippen LogP contribution in [0.2, 0.25) is 0 Å². The van der Waals surface area contributed by atoms with Crippen molar-refractivity contribution >= 4 is 38.6 Å². The number of aromatic amines is 1. The Morgan fingerprint density at radius 1 is 1.04 bits per heavy atom. The third-order valence-electron chi connectivity index (χ3n) is 4.90. The van der Waals surface area contributed by atoms with Crippen LogP contribution in [0.4, 0.5) is 0 Å². The Morgan fingerprint density at radius 2 is 1.91 bits per heavy atom.